The average Bonchev–Trinajstić information content (AvgIpc) is 2.55. The summed E-state index contributed by atoms with van der Waals surface area (Å²) in [4.78, 5) is 25.5. The van der Waals surface area contributed by atoms with Crippen molar-refractivity contribution in [2.75, 3.05) is 17.3 Å². The van der Waals surface area contributed by atoms with Gasteiger partial charge in [-0.05, 0) is 41.8 Å². The fourth-order valence-electron chi connectivity index (χ4n) is 2.22. The van der Waals surface area contributed by atoms with Gasteiger partial charge >= 0.3 is 6.09 Å². The average molecular weight is 340 g/mol. The molecule has 0 aromatic heterocycles. The zero-order valence-corrected chi connectivity index (χ0v) is 15.1. The van der Waals surface area contributed by atoms with Crippen molar-refractivity contribution in [1.82, 2.24) is 0 Å². The van der Waals surface area contributed by atoms with Crippen LogP contribution < -0.4 is 15.0 Å². The summed E-state index contributed by atoms with van der Waals surface area (Å²) in [7, 11) is 1.65. The van der Waals surface area contributed by atoms with Crippen LogP contribution in [0.3, 0.4) is 0 Å². The summed E-state index contributed by atoms with van der Waals surface area (Å²) in [5.41, 5.74) is 1.35. The van der Waals surface area contributed by atoms with Gasteiger partial charge in [0.25, 0.3) is 0 Å². The van der Waals surface area contributed by atoms with Gasteiger partial charge in [-0.3, -0.25) is 9.69 Å². The highest BCUT2D eigenvalue weighted by Crippen LogP contribution is 2.21. The molecule has 2 rings (SSSR count). The van der Waals surface area contributed by atoms with Crippen LogP contribution in [0, 0.1) is 5.41 Å². The zero-order valence-electron chi connectivity index (χ0n) is 15.1. The van der Waals surface area contributed by atoms with E-state index in [2.05, 4.69) is 5.32 Å². The highest BCUT2D eigenvalue weighted by molar-refractivity contribution is 5.91. The highest BCUT2D eigenvalue weighted by Gasteiger charge is 2.16. The van der Waals surface area contributed by atoms with Crippen LogP contribution in [0.5, 0.6) is 5.75 Å². The van der Waals surface area contributed by atoms with Crippen LogP contribution in [0.15, 0.2) is 54.6 Å². The minimum Gasteiger partial charge on any atom is -0.410 e. The number of amides is 2. The van der Waals surface area contributed by atoms with Crippen molar-refractivity contribution in [2.24, 2.45) is 5.41 Å². The monoisotopic (exact) mass is 340 g/mol. The first kappa shape index (κ1) is 18.5. The second-order valence-corrected chi connectivity index (χ2v) is 7.07. The van der Waals surface area contributed by atoms with E-state index in [-0.39, 0.29) is 11.3 Å². The molecule has 0 radical (unpaired) electrons. The summed E-state index contributed by atoms with van der Waals surface area (Å²) in [5.74, 6) is 0.377. The fraction of sp³-hybridized carbons (Fsp3) is 0.300. The molecule has 0 unspecified atom stereocenters. The summed E-state index contributed by atoms with van der Waals surface area (Å²) in [6.45, 7) is 6.04. The van der Waals surface area contributed by atoms with Crippen LogP contribution in [0.2, 0.25) is 0 Å². The molecule has 0 fully saturated rings. The van der Waals surface area contributed by atoms with Gasteiger partial charge in [0, 0.05) is 24.8 Å². The van der Waals surface area contributed by atoms with Gasteiger partial charge in [-0.25, -0.2) is 4.79 Å². The number of anilines is 2. The van der Waals surface area contributed by atoms with Crippen molar-refractivity contribution >= 4 is 23.4 Å². The number of hydrogen-bond donors (Lipinski definition) is 1. The maximum Gasteiger partial charge on any atom is 0.419 e. The quantitative estimate of drug-likeness (QED) is 0.878. The van der Waals surface area contributed by atoms with E-state index in [0.717, 1.165) is 5.69 Å². The molecule has 2 aromatic rings. The van der Waals surface area contributed by atoms with E-state index in [1.807, 2.05) is 51.1 Å². The first-order valence-electron chi connectivity index (χ1n) is 8.15. The second kappa shape index (κ2) is 7.83. The van der Waals surface area contributed by atoms with Crippen LogP contribution in [0.4, 0.5) is 16.2 Å². The predicted molar refractivity (Wildman–Crippen MR) is 100 cm³/mol. The molecule has 0 saturated heterocycles. The smallest absolute Gasteiger partial charge is 0.410 e. The van der Waals surface area contributed by atoms with Gasteiger partial charge in [0.15, 0.2) is 0 Å². The summed E-state index contributed by atoms with van der Waals surface area (Å²) in [6.07, 6.45) is -0.0401. The molecule has 132 valence electrons. The molecule has 5 nitrogen and oxygen atoms in total. The predicted octanol–water partition coefficient (Wildman–Crippen LogP) is 4.70. The van der Waals surface area contributed by atoms with Crippen LogP contribution in [0.1, 0.15) is 27.2 Å². The lowest BCUT2D eigenvalue weighted by atomic mass is 9.92. The number of nitrogens with zero attached hydrogens (tertiary/aromatic N) is 1. The van der Waals surface area contributed by atoms with Gasteiger partial charge < -0.3 is 10.1 Å². The van der Waals surface area contributed by atoms with Gasteiger partial charge in [-0.1, -0.05) is 39.0 Å². The van der Waals surface area contributed by atoms with E-state index in [1.54, 1.807) is 31.3 Å². The van der Waals surface area contributed by atoms with Gasteiger partial charge in [-0.15, -0.1) is 0 Å². The molecule has 0 atom stereocenters. The molecule has 5 heteroatoms. The normalized spacial score (nSPS) is 10.9. The van der Waals surface area contributed by atoms with Crippen LogP contribution in [0.25, 0.3) is 0 Å². The lowest BCUT2D eigenvalue weighted by Gasteiger charge is -2.18. The number of hydrogen-bond acceptors (Lipinski definition) is 3. The molecule has 0 aliphatic heterocycles. The van der Waals surface area contributed by atoms with E-state index < -0.39 is 6.09 Å². The maximum atomic E-state index is 12.2. The molecule has 0 heterocycles. The van der Waals surface area contributed by atoms with Crippen molar-refractivity contribution in [3.8, 4) is 5.75 Å². The number of para-hydroxylation sites is 1. The Labute approximate surface area is 148 Å². The van der Waals surface area contributed by atoms with Gasteiger partial charge in [0.05, 0.1) is 0 Å². The summed E-state index contributed by atoms with van der Waals surface area (Å²) in [6, 6.07) is 16.0. The minimum absolute atomic E-state index is 0.0407. The second-order valence-electron chi connectivity index (χ2n) is 7.07. The summed E-state index contributed by atoms with van der Waals surface area (Å²) in [5, 5.41) is 2.84. The third-order valence-electron chi connectivity index (χ3n) is 3.45. The third kappa shape index (κ3) is 5.95. The molecule has 25 heavy (non-hydrogen) atoms. The number of ether oxygens (including phenoxy) is 1. The molecule has 0 saturated carbocycles. The van der Waals surface area contributed by atoms with Crippen molar-refractivity contribution in [3.05, 3.63) is 54.6 Å². The van der Waals surface area contributed by atoms with E-state index in [0.29, 0.717) is 17.9 Å². The molecular formula is C20H24N2O3. The number of carbonyl (C=O) groups is 2. The topological polar surface area (TPSA) is 58.6 Å². The van der Waals surface area contributed by atoms with Crippen molar-refractivity contribution in [2.45, 2.75) is 27.2 Å². The van der Waals surface area contributed by atoms with E-state index >= 15 is 0 Å². The number of carbonyl (C=O) groups excluding carboxylic acids is 2. The Morgan fingerprint density at radius 1 is 1.00 bits per heavy atom. The first-order chi connectivity index (χ1) is 11.7. The summed E-state index contributed by atoms with van der Waals surface area (Å²) < 4.78 is 5.35. The first-order valence-corrected chi connectivity index (χ1v) is 8.15. The Bertz CT molecular complexity index is 719. The van der Waals surface area contributed by atoms with Crippen molar-refractivity contribution < 1.29 is 14.3 Å². The van der Waals surface area contributed by atoms with Gasteiger partial charge in [-0.2, -0.15) is 0 Å². The Morgan fingerprint density at radius 2 is 1.60 bits per heavy atom. The molecule has 0 spiro atoms. The summed E-state index contributed by atoms with van der Waals surface area (Å²) >= 11 is 0. The molecule has 1 N–H and O–H groups in total. The van der Waals surface area contributed by atoms with Crippen LogP contribution in [-0.2, 0) is 4.79 Å². The lowest BCUT2D eigenvalue weighted by Crippen LogP contribution is -2.29. The minimum atomic E-state index is -0.476. The molecule has 0 aliphatic carbocycles. The van der Waals surface area contributed by atoms with Gasteiger partial charge in [0.1, 0.15) is 5.75 Å². The van der Waals surface area contributed by atoms with Crippen molar-refractivity contribution in [3.63, 3.8) is 0 Å². The Kier molecular flexibility index (Phi) is 5.80. The number of rotatable bonds is 4. The fourth-order valence-corrected chi connectivity index (χ4v) is 2.22. The standard InChI is InChI=1S/C20H24N2O3/c1-20(2,3)14-18(23)21-15-10-12-17(13-11-15)25-19(24)22(4)16-8-6-5-7-9-16/h5-13H,14H2,1-4H3,(H,21,23). The Hall–Kier alpha value is -2.82. The van der Waals surface area contributed by atoms with E-state index in [1.165, 1.54) is 4.90 Å². The van der Waals surface area contributed by atoms with E-state index in [4.69, 9.17) is 4.74 Å². The maximum absolute atomic E-state index is 12.2. The molecule has 2 aromatic carbocycles. The number of nitrogens with one attached hydrogen (secondary N) is 1. The molecule has 2 amide bonds. The van der Waals surface area contributed by atoms with Crippen LogP contribution >= 0.6 is 0 Å². The molecular weight excluding hydrogens is 316 g/mol. The zero-order chi connectivity index (χ0) is 18.4. The third-order valence-corrected chi connectivity index (χ3v) is 3.45. The SMILES string of the molecule is CN(C(=O)Oc1ccc(NC(=O)CC(C)(C)C)cc1)c1ccccc1. The lowest BCUT2D eigenvalue weighted by molar-refractivity contribution is -0.117. The molecule has 0 aliphatic rings. The van der Waals surface area contributed by atoms with Crippen LogP contribution in [-0.4, -0.2) is 19.0 Å². The van der Waals surface area contributed by atoms with E-state index in [9.17, 15) is 9.59 Å². The van der Waals surface area contributed by atoms with Gasteiger partial charge in [0.2, 0.25) is 5.91 Å². The Morgan fingerprint density at radius 3 is 2.16 bits per heavy atom. The largest absolute Gasteiger partial charge is 0.419 e. The molecule has 0 bridgehead atoms. The Balaban J connectivity index is 1.94. The highest BCUT2D eigenvalue weighted by atomic mass is 16.6. The van der Waals surface area contributed by atoms with Crippen molar-refractivity contribution in [1.29, 1.82) is 0 Å². The number of benzene rings is 2.